The average Bonchev–Trinajstić information content (AvgIpc) is 2.55. The van der Waals surface area contributed by atoms with Gasteiger partial charge in [0.25, 0.3) is 5.91 Å². The summed E-state index contributed by atoms with van der Waals surface area (Å²) in [5.74, 6) is 0.716. The number of amides is 1. The summed E-state index contributed by atoms with van der Waals surface area (Å²) in [6, 6.07) is 15.1. The Bertz CT molecular complexity index is 656. The number of carbonyl (C=O) groups is 1. The number of ether oxygens (including phenoxy) is 1. The molecule has 0 aliphatic heterocycles. The maximum Gasteiger partial charge on any atom is 0.251 e. The van der Waals surface area contributed by atoms with Crippen molar-refractivity contribution >= 4 is 17.3 Å². The van der Waals surface area contributed by atoms with Crippen molar-refractivity contribution in [2.45, 2.75) is 0 Å². The molecule has 23 heavy (non-hydrogen) atoms. The highest BCUT2D eigenvalue weighted by Crippen LogP contribution is 2.21. The largest absolute Gasteiger partial charge is 0.497 e. The fourth-order valence-corrected chi connectivity index (χ4v) is 2.10. The number of carbonyl (C=O) groups excluding carboxylic acids is 1. The zero-order chi connectivity index (χ0) is 16.7. The van der Waals surface area contributed by atoms with Gasteiger partial charge in [-0.2, -0.15) is 0 Å². The molecule has 5 nitrogen and oxygen atoms in total. The minimum atomic E-state index is -0.0684. The van der Waals surface area contributed by atoms with Crippen molar-refractivity contribution in [3.8, 4) is 5.75 Å². The van der Waals surface area contributed by atoms with Crippen LogP contribution in [-0.4, -0.2) is 45.1 Å². The van der Waals surface area contributed by atoms with Gasteiger partial charge in [0.1, 0.15) is 5.75 Å². The van der Waals surface area contributed by atoms with Crippen LogP contribution >= 0.6 is 0 Å². The topological polar surface area (TPSA) is 53.6 Å². The average molecular weight is 313 g/mol. The van der Waals surface area contributed by atoms with E-state index in [0.29, 0.717) is 12.1 Å². The van der Waals surface area contributed by atoms with Crippen LogP contribution in [0.4, 0.5) is 11.4 Å². The number of nitrogens with one attached hydrogen (secondary N) is 2. The summed E-state index contributed by atoms with van der Waals surface area (Å²) in [6.07, 6.45) is 0. The zero-order valence-corrected chi connectivity index (χ0v) is 13.8. The van der Waals surface area contributed by atoms with Crippen molar-refractivity contribution in [1.29, 1.82) is 0 Å². The Labute approximate surface area is 137 Å². The van der Waals surface area contributed by atoms with E-state index in [4.69, 9.17) is 4.74 Å². The Hall–Kier alpha value is -2.53. The quantitative estimate of drug-likeness (QED) is 0.825. The summed E-state index contributed by atoms with van der Waals surface area (Å²) in [5.41, 5.74) is 2.41. The lowest BCUT2D eigenvalue weighted by Gasteiger charge is -2.12. The van der Waals surface area contributed by atoms with Gasteiger partial charge in [-0.3, -0.25) is 4.79 Å². The summed E-state index contributed by atoms with van der Waals surface area (Å²) < 4.78 is 5.21. The van der Waals surface area contributed by atoms with Crippen LogP contribution in [0, 0.1) is 0 Å². The molecule has 0 unspecified atom stereocenters. The van der Waals surface area contributed by atoms with Gasteiger partial charge >= 0.3 is 0 Å². The summed E-state index contributed by atoms with van der Waals surface area (Å²) in [6.45, 7) is 1.44. The van der Waals surface area contributed by atoms with Crippen LogP contribution in [0.5, 0.6) is 5.75 Å². The van der Waals surface area contributed by atoms with Crippen LogP contribution < -0.4 is 15.4 Å². The van der Waals surface area contributed by atoms with Gasteiger partial charge in [0.05, 0.1) is 7.11 Å². The summed E-state index contributed by atoms with van der Waals surface area (Å²) in [5, 5.41) is 6.19. The molecule has 0 fully saturated rings. The molecule has 0 bridgehead atoms. The Kier molecular flexibility index (Phi) is 6.00. The van der Waals surface area contributed by atoms with Gasteiger partial charge in [-0.1, -0.05) is 12.1 Å². The van der Waals surface area contributed by atoms with E-state index in [1.807, 2.05) is 67.5 Å². The van der Waals surface area contributed by atoms with E-state index >= 15 is 0 Å². The van der Waals surface area contributed by atoms with Gasteiger partial charge in [-0.15, -0.1) is 0 Å². The molecule has 0 radical (unpaired) electrons. The van der Waals surface area contributed by atoms with Crippen molar-refractivity contribution in [2.75, 3.05) is 39.6 Å². The van der Waals surface area contributed by atoms with Gasteiger partial charge in [0, 0.05) is 36.1 Å². The van der Waals surface area contributed by atoms with Crippen molar-refractivity contribution in [3.63, 3.8) is 0 Å². The second-order valence-electron chi connectivity index (χ2n) is 5.50. The highest BCUT2D eigenvalue weighted by Gasteiger charge is 2.06. The molecule has 5 heteroatoms. The second-order valence-corrected chi connectivity index (χ2v) is 5.50. The predicted octanol–water partition coefficient (Wildman–Crippen LogP) is 2.73. The number of anilines is 2. The Morgan fingerprint density at radius 1 is 1.09 bits per heavy atom. The number of hydrogen-bond donors (Lipinski definition) is 2. The third-order valence-electron chi connectivity index (χ3n) is 3.33. The first-order valence-corrected chi connectivity index (χ1v) is 7.52. The molecule has 2 rings (SSSR count). The molecule has 0 saturated carbocycles. The molecule has 0 spiro atoms. The minimum Gasteiger partial charge on any atom is -0.497 e. The maximum absolute atomic E-state index is 12.2. The fraction of sp³-hybridized carbons (Fsp3) is 0.278. The summed E-state index contributed by atoms with van der Waals surface area (Å²) in [7, 11) is 5.59. The first kappa shape index (κ1) is 16.8. The first-order valence-electron chi connectivity index (χ1n) is 7.52. The van der Waals surface area contributed by atoms with Gasteiger partial charge in [-0.25, -0.2) is 0 Å². The Morgan fingerprint density at radius 3 is 2.48 bits per heavy atom. The molecule has 0 saturated heterocycles. The number of nitrogens with zero attached hydrogens (tertiary/aromatic N) is 1. The van der Waals surface area contributed by atoms with Crippen molar-refractivity contribution in [3.05, 3.63) is 54.1 Å². The zero-order valence-electron chi connectivity index (χ0n) is 13.8. The molecule has 0 heterocycles. The number of rotatable bonds is 7. The van der Waals surface area contributed by atoms with Crippen LogP contribution in [-0.2, 0) is 0 Å². The van der Waals surface area contributed by atoms with E-state index in [2.05, 4.69) is 10.6 Å². The van der Waals surface area contributed by atoms with E-state index < -0.39 is 0 Å². The fourth-order valence-electron chi connectivity index (χ4n) is 2.10. The normalized spacial score (nSPS) is 10.4. The van der Waals surface area contributed by atoms with Crippen LogP contribution in [0.1, 0.15) is 10.4 Å². The monoisotopic (exact) mass is 313 g/mol. The van der Waals surface area contributed by atoms with Crippen LogP contribution in [0.25, 0.3) is 0 Å². The highest BCUT2D eigenvalue weighted by molar-refractivity contribution is 5.95. The Balaban J connectivity index is 2.02. The maximum atomic E-state index is 12.2. The third-order valence-corrected chi connectivity index (χ3v) is 3.33. The first-order chi connectivity index (χ1) is 11.1. The van der Waals surface area contributed by atoms with E-state index in [1.54, 1.807) is 7.11 Å². The lowest BCUT2D eigenvalue weighted by molar-refractivity contribution is 0.0951. The molecular formula is C18H23N3O2. The van der Waals surface area contributed by atoms with Gasteiger partial charge in [-0.05, 0) is 44.4 Å². The van der Waals surface area contributed by atoms with Crippen molar-refractivity contribution in [2.24, 2.45) is 0 Å². The lowest BCUT2D eigenvalue weighted by atomic mass is 10.2. The van der Waals surface area contributed by atoms with Gasteiger partial charge in [0.15, 0.2) is 0 Å². The minimum absolute atomic E-state index is 0.0684. The Morgan fingerprint density at radius 2 is 1.78 bits per heavy atom. The van der Waals surface area contributed by atoms with Crippen molar-refractivity contribution in [1.82, 2.24) is 10.2 Å². The molecule has 122 valence electrons. The molecule has 0 aliphatic rings. The predicted molar refractivity (Wildman–Crippen MR) is 93.6 cm³/mol. The number of methoxy groups -OCH3 is 1. The molecule has 2 aromatic carbocycles. The van der Waals surface area contributed by atoms with Gasteiger partial charge in [0.2, 0.25) is 0 Å². The molecule has 0 aromatic heterocycles. The standard InChI is InChI=1S/C18H23N3O2/c1-21(2)11-10-19-18(22)14-6-4-7-15(12-14)20-16-8-5-9-17(13-16)23-3/h4-9,12-13,20H,10-11H2,1-3H3,(H,19,22). The molecule has 0 aliphatic carbocycles. The van der Waals surface area contributed by atoms with Crippen LogP contribution in [0.15, 0.2) is 48.5 Å². The smallest absolute Gasteiger partial charge is 0.251 e. The van der Waals surface area contributed by atoms with E-state index in [-0.39, 0.29) is 5.91 Å². The molecule has 1 amide bonds. The highest BCUT2D eigenvalue weighted by atomic mass is 16.5. The molecule has 2 N–H and O–H groups in total. The van der Waals surface area contributed by atoms with E-state index in [9.17, 15) is 4.79 Å². The van der Waals surface area contributed by atoms with Crippen LogP contribution in [0.3, 0.4) is 0 Å². The van der Waals surface area contributed by atoms with E-state index in [0.717, 1.165) is 23.7 Å². The van der Waals surface area contributed by atoms with Crippen molar-refractivity contribution < 1.29 is 9.53 Å². The SMILES string of the molecule is COc1cccc(Nc2cccc(C(=O)NCCN(C)C)c2)c1. The van der Waals surface area contributed by atoms with Crippen LogP contribution in [0.2, 0.25) is 0 Å². The number of likely N-dealkylation sites (N-methyl/N-ethyl adjacent to an activating group) is 1. The van der Waals surface area contributed by atoms with E-state index in [1.165, 1.54) is 0 Å². The molecule has 0 atom stereocenters. The molecular weight excluding hydrogens is 290 g/mol. The number of hydrogen-bond acceptors (Lipinski definition) is 4. The summed E-state index contributed by atoms with van der Waals surface area (Å²) in [4.78, 5) is 14.2. The molecule has 2 aromatic rings. The number of benzene rings is 2. The van der Waals surface area contributed by atoms with Gasteiger partial charge < -0.3 is 20.3 Å². The second kappa shape index (κ2) is 8.19. The third kappa shape index (κ3) is 5.30. The summed E-state index contributed by atoms with van der Waals surface area (Å²) >= 11 is 0. The lowest BCUT2D eigenvalue weighted by Crippen LogP contribution is -2.31.